The zero-order chi connectivity index (χ0) is 26.6. The Morgan fingerprint density at radius 3 is 1.32 bits per heavy atom. The van der Waals surface area contributed by atoms with Gasteiger partial charge in [-0.2, -0.15) is 0 Å². The fourth-order valence-electron chi connectivity index (χ4n) is 3.02. The summed E-state index contributed by atoms with van der Waals surface area (Å²) in [6.45, 7) is 13.4. The van der Waals surface area contributed by atoms with E-state index in [0.717, 1.165) is 6.92 Å². The van der Waals surface area contributed by atoms with Crippen LogP contribution in [0, 0.1) is 0 Å². The summed E-state index contributed by atoms with van der Waals surface area (Å²) < 4.78 is -0.723. The molecular formula is C21H23N3O10. The van der Waals surface area contributed by atoms with Crippen molar-refractivity contribution in [2.45, 2.75) is 37.4 Å². The average molecular weight is 477 g/mol. The highest BCUT2D eigenvalue weighted by atomic mass is 16.3. The Balaban J connectivity index is 4.47. The van der Waals surface area contributed by atoms with E-state index in [0.29, 0.717) is 24.3 Å². The van der Waals surface area contributed by atoms with Crippen LogP contribution in [-0.2, 0) is 30.6 Å². The first-order chi connectivity index (χ1) is 15.7. The Labute approximate surface area is 191 Å². The molecule has 182 valence electrons. The number of aliphatic hydroxyl groups excluding tert-OH is 1. The number of nitrogens with zero attached hydrogens (tertiary/aromatic N) is 3. The standard InChI is InChI=1S/C21H23N3O10/c1-6-13(26)10-20(33,15(28)8-3)23-17(30)22(12(5)25)18(31)24(19(23)32)21(34,16(29)9-4)11-14(27)7-2/h6-9,12,25,33-34H,1-4,10-11H2,5H3. The van der Waals surface area contributed by atoms with Crippen molar-refractivity contribution in [1.82, 2.24) is 13.7 Å². The minimum absolute atomic E-state index is 0.0964. The summed E-state index contributed by atoms with van der Waals surface area (Å²) >= 11 is 0. The Morgan fingerprint density at radius 2 is 1.09 bits per heavy atom. The van der Waals surface area contributed by atoms with Crippen molar-refractivity contribution in [3.8, 4) is 0 Å². The monoisotopic (exact) mass is 477 g/mol. The molecule has 0 amide bonds. The maximum Gasteiger partial charge on any atom is 0.341 e. The van der Waals surface area contributed by atoms with Crippen LogP contribution in [0.3, 0.4) is 0 Å². The average Bonchev–Trinajstić information content (AvgIpc) is 2.76. The normalized spacial score (nSPS) is 15.2. The first-order valence-corrected chi connectivity index (χ1v) is 9.46. The first-order valence-electron chi connectivity index (χ1n) is 9.46. The van der Waals surface area contributed by atoms with Crippen molar-refractivity contribution in [3.05, 3.63) is 82.1 Å². The lowest BCUT2D eigenvalue weighted by Crippen LogP contribution is -2.67. The number of hydrogen-bond acceptors (Lipinski definition) is 10. The topological polar surface area (TPSA) is 195 Å². The van der Waals surface area contributed by atoms with E-state index in [2.05, 4.69) is 26.3 Å². The van der Waals surface area contributed by atoms with Gasteiger partial charge in [-0.25, -0.2) is 28.1 Å². The molecule has 0 bridgehead atoms. The van der Waals surface area contributed by atoms with Gasteiger partial charge in [0.15, 0.2) is 11.6 Å². The lowest BCUT2D eigenvalue weighted by molar-refractivity contribution is -0.154. The summed E-state index contributed by atoms with van der Waals surface area (Å²) in [7, 11) is 0. The van der Waals surface area contributed by atoms with Crippen molar-refractivity contribution >= 4 is 23.1 Å². The predicted octanol–water partition coefficient (Wildman–Crippen LogP) is -2.23. The number of rotatable bonds is 13. The fourth-order valence-corrected chi connectivity index (χ4v) is 3.02. The van der Waals surface area contributed by atoms with E-state index < -0.39 is 70.7 Å². The number of aliphatic hydroxyl groups is 3. The molecule has 0 aromatic carbocycles. The second-order valence-corrected chi connectivity index (χ2v) is 6.98. The highest BCUT2D eigenvalue weighted by Crippen LogP contribution is 2.20. The summed E-state index contributed by atoms with van der Waals surface area (Å²) in [5, 5.41) is 32.0. The van der Waals surface area contributed by atoms with Gasteiger partial charge in [0.1, 0.15) is 6.23 Å². The van der Waals surface area contributed by atoms with Crippen LogP contribution in [-0.4, -0.2) is 52.2 Å². The molecule has 34 heavy (non-hydrogen) atoms. The third-order valence-corrected chi connectivity index (χ3v) is 4.75. The van der Waals surface area contributed by atoms with Crippen LogP contribution in [0.2, 0.25) is 0 Å². The van der Waals surface area contributed by atoms with E-state index in [1.165, 1.54) is 0 Å². The number of allylic oxidation sites excluding steroid dienone is 2. The molecule has 0 fully saturated rings. The van der Waals surface area contributed by atoms with Crippen molar-refractivity contribution in [3.63, 3.8) is 0 Å². The van der Waals surface area contributed by atoms with Crippen LogP contribution in [0.1, 0.15) is 26.0 Å². The van der Waals surface area contributed by atoms with Crippen molar-refractivity contribution in [2.24, 2.45) is 0 Å². The van der Waals surface area contributed by atoms with Gasteiger partial charge in [0.25, 0.3) is 0 Å². The van der Waals surface area contributed by atoms with Gasteiger partial charge in [-0.15, -0.1) is 0 Å². The molecule has 0 spiro atoms. The van der Waals surface area contributed by atoms with E-state index in [1.54, 1.807) is 0 Å². The molecule has 0 aliphatic heterocycles. The lowest BCUT2D eigenvalue weighted by Gasteiger charge is -2.31. The van der Waals surface area contributed by atoms with Gasteiger partial charge in [0, 0.05) is 0 Å². The molecule has 0 aliphatic carbocycles. The predicted molar refractivity (Wildman–Crippen MR) is 117 cm³/mol. The highest BCUT2D eigenvalue weighted by Gasteiger charge is 2.47. The van der Waals surface area contributed by atoms with Gasteiger partial charge in [-0.05, 0) is 31.2 Å². The number of carbonyl (C=O) groups is 4. The number of ketones is 4. The molecule has 13 nitrogen and oxygen atoms in total. The lowest BCUT2D eigenvalue weighted by atomic mass is 9.99. The molecule has 3 unspecified atom stereocenters. The number of aromatic nitrogens is 3. The van der Waals surface area contributed by atoms with Gasteiger partial charge < -0.3 is 15.3 Å². The van der Waals surface area contributed by atoms with Crippen molar-refractivity contribution < 1.29 is 34.5 Å². The van der Waals surface area contributed by atoms with Gasteiger partial charge in [0.05, 0.1) is 12.8 Å². The Bertz CT molecular complexity index is 1190. The summed E-state index contributed by atoms with van der Waals surface area (Å²) in [6, 6.07) is 0. The SMILES string of the molecule is C=CC(=O)CC(O)(C(=O)C=C)n1c(=O)n(C(C)O)c(=O)n(C(O)(CC(=O)C=C)C(=O)C=C)c1=O. The van der Waals surface area contributed by atoms with Crippen molar-refractivity contribution in [1.29, 1.82) is 0 Å². The minimum Gasteiger partial charge on any atom is -0.373 e. The smallest absolute Gasteiger partial charge is 0.341 e. The van der Waals surface area contributed by atoms with Crippen LogP contribution in [0.15, 0.2) is 65.0 Å². The van der Waals surface area contributed by atoms with Gasteiger partial charge in [-0.3, -0.25) is 19.2 Å². The second kappa shape index (κ2) is 10.2. The van der Waals surface area contributed by atoms with Gasteiger partial charge >= 0.3 is 17.1 Å². The molecule has 3 N–H and O–H groups in total. The quantitative estimate of drug-likeness (QED) is 0.262. The summed E-state index contributed by atoms with van der Waals surface area (Å²) in [5.41, 5.74) is -12.2. The molecule has 1 aromatic rings. The molecule has 0 saturated heterocycles. The zero-order valence-electron chi connectivity index (χ0n) is 18.2. The van der Waals surface area contributed by atoms with Crippen LogP contribution < -0.4 is 17.1 Å². The highest BCUT2D eigenvalue weighted by molar-refractivity contribution is 6.01. The summed E-state index contributed by atoms with van der Waals surface area (Å²) in [5.74, 6) is -5.01. The van der Waals surface area contributed by atoms with Gasteiger partial charge in [-0.1, -0.05) is 26.3 Å². The van der Waals surface area contributed by atoms with Gasteiger partial charge in [0.2, 0.25) is 23.0 Å². The number of hydrogen-bond donors (Lipinski definition) is 3. The molecule has 0 aliphatic rings. The molecule has 1 heterocycles. The maximum absolute atomic E-state index is 13.3. The Morgan fingerprint density at radius 1 is 0.765 bits per heavy atom. The molecular weight excluding hydrogens is 454 g/mol. The molecule has 1 aromatic heterocycles. The molecule has 13 heteroatoms. The van der Waals surface area contributed by atoms with Crippen LogP contribution in [0.4, 0.5) is 0 Å². The van der Waals surface area contributed by atoms with Crippen LogP contribution >= 0.6 is 0 Å². The van der Waals surface area contributed by atoms with E-state index in [4.69, 9.17) is 0 Å². The van der Waals surface area contributed by atoms with Crippen LogP contribution in [0.5, 0.6) is 0 Å². The minimum atomic E-state index is -3.33. The first kappa shape index (κ1) is 28.0. The largest absolute Gasteiger partial charge is 0.373 e. The van der Waals surface area contributed by atoms with E-state index >= 15 is 0 Å². The summed E-state index contributed by atoms with van der Waals surface area (Å²) in [4.78, 5) is 88.2. The van der Waals surface area contributed by atoms with E-state index in [-0.39, 0.29) is 13.7 Å². The second-order valence-electron chi connectivity index (χ2n) is 6.98. The molecule has 1 rings (SSSR count). The molecule has 0 saturated carbocycles. The third kappa shape index (κ3) is 4.66. The Hall–Kier alpha value is -4.07. The molecule has 0 radical (unpaired) electrons. The van der Waals surface area contributed by atoms with E-state index in [9.17, 15) is 48.9 Å². The Kier molecular flexibility index (Phi) is 8.43. The van der Waals surface area contributed by atoms with Crippen LogP contribution in [0.25, 0.3) is 0 Å². The fraction of sp³-hybridized carbons (Fsp3) is 0.286. The third-order valence-electron chi connectivity index (χ3n) is 4.75. The van der Waals surface area contributed by atoms with Crippen molar-refractivity contribution in [2.75, 3.05) is 0 Å². The molecule has 3 atom stereocenters. The summed E-state index contributed by atoms with van der Waals surface area (Å²) in [6.07, 6.45) is -2.30. The maximum atomic E-state index is 13.3. The zero-order valence-corrected chi connectivity index (χ0v) is 18.2. The van der Waals surface area contributed by atoms with E-state index in [1.807, 2.05) is 0 Å². The number of carbonyl (C=O) groups excluding carboxylic acids is 4.